The molecule has 0 aromatic carbocycles. The Labute approximate surface area is 183 Å². The van der Waals surface area contributed by atoms with Crippen molar-refractivity contribution < 1.29 is 15.3 Å². The second kappa shape index (κ2) is 10.2. The number of halogens is 1. The number of allylic oxidation sites excluding steroid dienone is 2. The summed E-state index contributed by atoms with van der Waals surface area (Å²) in [5, 5.41) is 34.3. The largest absolute Gasteiger partial charge is 0.396 e. The van der Waals surface area contributed by atoms with Crippen LogP contribution >= 0.6 is 23.4 Å². The fourth-order valence-corrected chi connectivity index (χ4v) is 7.29. The second-order valence-electron chi connectivity index (χ2n) is 8.66. The molecule has 7 atom stereocenters. The first-order chi connectivity index (χ1) is 13.9. The minimum absolute atomic E-state index is 0.00743. The number of rotatable bonds is 6. The van der Waals surface area contributed by atoms with Gasteiger partial charge in [-0.15, -0.1) is 11.8 Å². The van der Waals surface area contributed by atoms with E-state index in [4.69, 9.17) is 16.6 Å². The summed E-state index contributed by atoms with van der Waals surface area (Å²) in [6.07, 6.45) is 6.32. The molecule has 1 saturated heterocycles. The summed E-state index contributed by atoms with van der Waals surface area (Å²) in [6, 6.07) is -0.244. The molecule has 0 saturated carbocycles. The number of aliphatic hydroxyl groups is 3. The lowest BCUT2D eigenvalue weighted by Gasteiger charge is -2.31. The smallest absolute Gasteiger partial charge is 0.153 e. The summed E-state index contributed by atoms with van der Waals surface area (Å²) in [6.45, 7) is 4.68. The Balaban J connectivity index is 2.09. The van der Waals surface area contributed by atoms with Crippen LogP contribution in [0, 0.1) is 23.7 Å². The van der Waals surface area contributed by atoms with Crippen molar-refractivity contribution in [1.29, 1.82) is 0 Å². The van der Waals surface area contributed by atoms with Crippen molar-refractivity contribution >= 4 is 29.1 Å². The van der Waals surface area contributed by atoms with E-state index >= 15 is 0 Å². The van der Waals surface area contributed by atoms with Gasteiger partial charge in [0.15, 0.2) is 6.29 Å². The third-order valence-electron chi connectivity index (χ3n) is 6.85. The van der Waals surface area contributed by atoms with Gasteiger partial charge in [-0.05, 0) is 43.4 Å². The van der Waals surface area contributed by atoms with Gasteiger partial charge in [-0.1, -0.05) is 31.5 Å². The molecule has 3 aliphatic rings. The Morgan fingerprint density at radius 3 is 2.72 bits per heavy atom. The SMILES string of the molecule is CN/C=C1/C2SC(C)C(C)C2C([C@H]2CC=C(Cl)CC2)=NC(CC(O)O)[C@@H]1CCO. The lowest BCUT2D eigenvalue weighted by Crippen LogP contribution is -2.34. The number of hydrogen-bond acceptors (Lipinski definition) is 6. The molecule has 0 bridgehead atoms. The van der Waals surface area contributed by atoms with E-state index in [1.807, 2.05) is 18.8 Å². The number of nitrogens with zero attached hydrogens (tertiary/aromatic N) is 1. The third kappa shape index (κ3) is 5.04. The fraction of sp³-hybridized carbons (Fsp3) is 0.773. The molecule has 2 heterocycles. The van der Waals surface area contributed by atoms with Crippen molar-refractivity contribution in [1.82, 2.24) is 5.32 Å². The van der Waals surface area contributed by atoms with E-state index < -0.39 is 6.29 Å². The maximum atomic E-state index is 9.79. The van der Waals surface area contributed by atoms with Crippen molar-refractivity contribution in [3.8, 4) is 0 Å². The maximum absolute atomic E-state index is 9.79. The van der Waals surface area contributed by atoms with E-state index in [-0.39, 0.29) is 25.0 Å². The van der Waals surface area contributed by atoms with Crippen LogP contribution < -0.4 is 5.32 Å². The van der Waals surface area contributed by atoms with Crippen LogP contribution in [-0.2, 0) is 0 Å². The summed E-state index contributed by atoms with van der Waals surface area (Å²) >= 11 is 8.25. The predicted molar refractivity (Wildman–Crippen MR) is 121 cm³/mol. The molecular weight excluding hydrogens is 408 g/mol. The van der Waals surface area contributed by atoms with Gasteiger partial charge >= 0.3 is 0 Å². The highest BCUT2D eigenvalue weighted by Gasteiger charge is 2.49. The maximum Gasteiger partial charge on any atom is 0.153 e. The van der Waals surface area contributed by atoms with Crippen LogP contribution in [0.5, 0.6) is 0 Å². The third-order valence-corrected chi connectivity index (χ3v) is 8.91. The van der Waals surface area contributed by atoms with Gasteiger partial charge in [0.05, 0.1) is 6.04 Å². The van der Waals surface area contributed by atoms with E-state index in [9.17, 15) is 15.3 Å². The first kappa shape index (κ1) is 23.1. The van der Waals surface area contributed by atoms with E-state index in [0.29, 0.717) is 34.7 Å². The summed E-state index contributed by atoms with van der Waals surface area (Å²) in [5.41, 5.74) is 2.48. The van der Waals surface area contributed by atoms with E-state index in [1.165, 1.54) is 11.3 Å². The van der Waals surface area contributed by atoms with Crippen molar-refractivity contribution in [2.75, 3.05) is 13.7 Å². The fourth-order valence-electron chi connectivity index (χ4n) is 5.25. The Kier molecular flexibility index (Phi) is 8.13. The van der Waals surface area contributed by atoms with Crippen LogP contribution in [0.3, 0.4) is 0 Å². The van der Waals surface area contributed by atoms with Crippen molar-refractivity contribution in [3.63, 3.8) is 0 Å². The molecule has 5 unspecified atom stereocenters. The number of nitrogens with one attached hydrogen (secondary N) is 1. The number of aliphatic imine (C=N–C) groups is 1. The van der Waals surface area contributed by atoms with Crippen LogP contribution in [0.4, 0.5) is 0 Å². The highest BCUT2D eigenvalue weighted by Crippen LogP contribution is 2.52. The topological polar surface area (TPSA) is 85.1 Å². The summed E-state index contributed by atoms with van der Waals surface area (Å²) in [4.78, 5) is 5.26. The molecule has 7 heteroatoms. The lowest BCUT2D eigenvalue weighted by atomic mass is 9.74. The van der Waals surface area contributed by atoms with Crippen LogP contribution in [0.25, 0.3) is 0 Å². The van der Waals surface area contributed by atoms with Crippen LogP contribution in [-0.4, -0.2) is 57.5 Å². The summed E-state index contributed by atoms with van der Waals surface area (Å²) in [7, 11) is 1.90. The first-order valence-electron chi connectivity index (χ1n) is 10.8. The zero-order valence-corrected chi connectivity index (χ0v) is 19.2. The van der Waals surface area contributed by atoms with Gasteiger partial charge in [0.2, 0.25) is 0 Å². The molecule has 0 amide bonds. The van der Waals surface area contributed by atoms with Crippen LogP contribution in [0.15, 0.2) is 27.9 Å². The van der Waals surface area contributed by atoms with Gasteiger partial charge < -0.3 is 20.6 Å². The Morgan fingerprint density at radius 1 is 1.38 bits per heavy atom. The molecule has 1 fully saturated rings. The molecule has 5 nitrogen and oxygen atoms in total. The highest BCUT2D eigenvalue weighted by atomic mass is 35.5. The van der Waals surface area contributed by atoms with Gasteiger partial charge in [0.25, 0.3) is 0 Å². The van der Waals surface area contributed by atoms with Gasteiger partial charge in [-0.2, -0.15) is 0 Å². The van der Waals surface area contributed by atoms with E-state index in [1.54, 1.807) is 0 Å². The van der Waals surface area contributed by atoms with E-state index in [2.05, 4.69) is 31.4 Å². The Morgan fingerprint density at radius 2 is 2.14 bits per heavy atom. The molecule has 0 aromatic heterocycles. The Bertz CT molecular complexity index is 666. The quantitative estimate of drug-likeness (QED) is 0.474. The zero-order chi connectivity index (χ0) is 21.1. The molecule has 1 aliphatic carbocycles. The first-order valence-corrected chi connectivity index (χ1v) is 12.1. The molecule has 0 radical (unpaired) electrons. The van der Waals surface area contributed by atoms with Crippen LogP contribution in [0.1, 0.15) is 46.0 Å². The number of aliphatic hydroxyl groups excluding tert-OH is 2. The minimum Gasteiger partial charge on any atom is -0.396 e. The van der Waals surface area contributed by atoms with E-state index in [0.717, 1.165) is 24.3 Å². The van der Waals surface area contributed by atoms with Gasteiger partial charge in [-0.25, -0.2) is 0 Å². The average Bonchev–Trinajstić information content (AvgIpc) is 2.90. The molecule has 2 aliphatic heterocycles. The molecule has 3 rings (SSSR count). The predicted octanol–water partition coefficient (Wildman–Crippen LogP) is 3.29. The number of thioether (sulfide) groups is 1. The standard InChI is InChI=1S/C22H35ClN2O3S/c1-12-13(2)29-22-17(11-24-3)16(8-9-26)18(10-19(27)28)25-21(20(12)22)14-4-6-15(23)7-5-14/h6,11-14,16,18-20,22,24,26-28H,4-5,7-10H2,1-3H3/b17-11+/t12?,13?,14-,16+,18?,20?,22?/m0/s1. The van der Waals surface area contributed by atoms with Crippen molar-refractivity contribution in [2.45, 2.75) is 68.8 Å². The zero-order valence-electron chi connectivity index (χ0n) is 17.6. The molecule has 0 spiro atoms. The minimum atomic E-state index is -1.41. The second-order valence-corrected chi connectivity index (χ2v) is 10.7. The molecule has 29 heavy (non-hydrogen) atoms. The molecule has 4 N–H and O–H groups in total. The number of fused-ring (bicyclic) bond motifs is 1. The van der Waals surface area contributed by atoms with Gasteiger partial charge in [0, 0.05) is 59.1 Å². The highest BCUT2D eigenvalue weighted by molar-refractivity contribution is 8.01. The molecule has 0 aromatic rings. The number of hydrogen-bond donors (Lipinski definition) is 4. The van der Waals surface area contributed by atoms with Crippen molar-refractivity contribution in [3.05, 3.63) is 22.9 Å². The monoisotopic (exact) mass is 442 g/mol. The summed E-state index contributed by atoms with van der Waals surface area (Å²) in [5.74, 6) is 1.15. The average molecular weight is 443 g/mol. The van der Waals surface area contributed by atoms with Gasteiger partial charge in [-0.3, -0.25) is 4.99 Å². The summed E-state index contributed by atoms with van der Waals surface area (Å²) < 4.78 is 0. The normalized spacial score (nSPS) is 39.2. The molecular formula is C22H35ClN2O3S. The Hall–Kier alpha value is -0.530. The lowest BCUT2D eigenvalue weighted by molar-refractivity contribution is -0.0520. The van der Waals surface area contributed by atoms with Crippen LogP contribution in [0.2, 0.25) is 0 Å². The van der Waals surface area contributed by atoms with Crippen molar-refractivity contribution in [2.24, 2.45) is 28.7 Å². The van der Waals surface area contributed by atoms with Gasteiger partial charge in [0.1, 0.15) is 0 Å². The molecule has 164 valence electrons.